The van der Waals surface area contributed by atoms with Gasteiger partial charge in [0, 0.05) is 24.7 Å². The number of thiazole rings is 1. The monoisotopic (exact) mass is 330 g/mol. The van der Waals surface area contributed by atoms with Crippen molar-refractivity contribution in [1.29, 1.82) is 0 Å². The molecule has 0 saturated carbocycles. The van der Waals surface area contributed by atoms with Crippen molar-refractivity contribution in [2.75, 3.05) is 18.8 Å². The lowest BCUT2D eigenvalue weighted by Crippen LogP contribution is -2.36. The second-order valence-corrected chi connectivity index (χ2v) is 7.72. The van der Waals surface area contributed by atoms with Crippen LogP contribution in [0.3, 0.4) is 0 Å². The normalized spacial score (nSPS) is 12.8. The van der Waals surface area contributed by atoms with E-state index in [1.165, 1.54) is 15.6 Å². The Morgan fingerprint density at radius 3 is 2.62 bits per heavy atom. The number of hydrogen-bond donors (Lipinski definition) is 1. The van der Waals surface area contributed by atoms with Crippen LogP contribution in [0.4, 0.5) is 5.82 Å². The molecule has 0 unspecified atom stereocenters. The minimum absolute atomic E-state index is 0.0739. The molecule has 2 aromatic heterocycles. The number of aromatic nitrogens is 2. The molecule has 0 fully saturated rings. The SMILES string of the molecule is CCC(CC)CN(CC)S(=O)(=O)c1c(N)nc2sccn12. The maximum Gasteiger partial charge on any atom is 0.262 e. The van der Waals surface area contributed by atoms with Gasteiger partial charge in [-0.15, -0.1) is 11.3 Å². The smallest absolute Gasteiger partial charge is 0.262 e. The first-order valence-electron chi connectivity index (χ1n) is 7.16. The van der Waals surface area contributed by atoms with Crippen LogP contribution in [0.5, 0.6) is 0 Å². The molecule has 0 aliphatic carbocycles. The molecule has 8 heteroatoms. The number of nitrogens with zero attached hydrogens (tertiary/aromatic N) is 3. The summed E-state index contributed by atoms with van der Waals surface area (Å²) in [6.45, 7) is 6.96. The lowest BCUT2D eigenvalue weighted by Gasteiger charge is -2.24. The number of sulfonamides is 1. The van der Waals surface area contributed by atoms with E-state index in [9.17, 15) is 8.42 Å². The van der Waals surface area contributed by atoms with Crippen LogP contribution >= 0.6 is 11.3 Å². The summed E-state index contributed by atoms with van der Waals surface area (Å²) in [4.78, 5) is 4.73. The van der Waals surface area contributed by atoms with Gasteiger partial charge in [0.2, 0.25) is 0 Å². The number of hydrogen-bond acceptors (Lipinski definition) is 5. The predicted molar refractivity (Wildman–Crippen MR) is 86.0 cm³/mol. The molecule has 2 aromatic rings. The summed E-state index contributed by atoms with van der Waals surface area (Å²) in [5.74, 6) is 0.427. The van der Waals surface area contributed by atoms with Crippen LogP contribution in [0.2, 0.25) is 0 Å². The van der Waals surface area contributed by atoms with Crippen LogP contribution in [0.15, 0.2) is 16.6 Å². The largest absolute Gasteiger partial charge is 0.381 e. The molecule has 2 N–H and O–H groups in total. The second-order valence-electron chi connectivity index (χ2n) is 5.00. The van der Waals surface area contributed by atoms with Gasteiger partial charge in [-0.05, 0) is 5.92 Å². The Labute approximate surface area is 129 Å². The molecule has 118 valence electrons. The Balaban J connectivity index is 2.43. The summed E-state index contributed by atoms with van der Waals surface area (Å²) in [5.41, 5.74) is 5.84. The van der Waals surface area contributed by atoms with Crippen LogP contribution in [-0.2, 0) is 10.0 Å². The Kier molecular flexibility index (Phi) is 4.90. The van der Waals surface area contributed by atoms with E-state index in [0.717, 1.165) is 12.8 Å². The molecule has 0 bridgehead atoms. The topological polar surface area (TPSA) is 80.7 Å². The summed E-state index contributed by atoms with van der Waals surface area (Å²) in [5, 5.41) is 1.89. The van der Waals surface area contributed by atoms with Crippen molar-refractivity contribution in [2.45, 2.75) is 38.6 Å². The number of nitrogens with two attached hydrogens (primary N) is 1. The Morgan fingerprint density at radius 1 is 1.38 bits per heavy atom. The van der Waals surface area contributed by atoms with Crippen molar-refractivity contribution in [1.82, 2.24) is 13.7 Å². The van der Waals surface area contributed by atoms with Crippen LogP contribution in [0, 0.1) is 5.92 Å². The first-order valence-corrected chi connectivity index (χ1v) is 9.48. The molecule has 2 heterocycles. The first-order chi connectivity index (χ1) is 9.95. The molecule has 0 saturated heterocycles. The number of rotatable bonds is 7. The predicted octanol–water partition coefficient (Wildman–Crippen LogP) is 2.42. The summed E-state index contributed by atoms with van der Waals surface area (Å²) in [6.07, 6.45) is 3.61. The number of imidazole rings is 1. The van der Waals surface area contributed by atoms with Crippen LogP contribution in [-0.4, -0.2) is 35.2 Å². The van der Waals surface area contributed by atoms with Crippen LogP contribution in [0.1, 0.15) is 33.6 Å². The van der Waals surface area contributed by atoms with Crippen molar-refractivity contribution in [3.63, 3.8) is 0 Å². The molecule has 2 rings (SSSR count). The zero-order chi connectivity index (χ0) is 15.6. The third-order valence-electron chi connectivity index (χ3n) is 3.80. The van der Waals surface area contributed by atoms with Crippen molar-refractivity contribution in [3.05, 3.63) is 11.6 Å². The fourth-order valence-electron chi connectivity index (χ4n) is 2.39. The minimum Gasteiger partial charge on any atom is -0.381 e. The highest BCUT2D eigenvalue weighted by atomic mass is 32.2. The molecule has 0 spiro atoms. The highest BCUT2D eigenvalue weighted by molar-refractivity contribution is 7.89. The molecule has 0 atom stereocenters. The molecular formula is C13H22N4O2S2. The van der Waals surface area contributed by atoms with Gasteiger partial charge in [0.25, 0.3) is 10.0 Å². The third-order valence-corrected chi connectivity index (χ3v) is 6.54. The van der Waals surface area contributed by atoms with E-state index in [0.29, 0.717) is 24.0 Å². The molecular weight excluding hydrogens is 308 g/mol. The van der Waals surface area contributed by atoms with E-state index in [2.05, 4.69) is 18.8 Å². The van der Waals surface area contributed by atoms with Crippen LogP contribution < -0.4 is 5.73 Å². The molecule has 0 aromatic carbocycles. The maximum absolute atomic E-state index is 12.9. The average Bonchev–Trinajstić information content (AvgIpc) is 2.99. The van der Waals surface area contributed by atoms with Crippen molar-refractivity contribution >= 4 is 32.1 Å². The van der Waals surface area contributed by atoms with E-state index in [1.807, 2.05) is 6.92 Å². The summed E-state index contributed by atoms with van der Waals surface area (Å²) in [6, 6.07) is 0. The standard InChI is InChI=1S/C13H22N4O2S2/c1-4-10(5-2)9-16(6-3)21(18,19)12-11(14)15-13-17(12)7-8-20-13/h7-8,10H,4-6,9,14H2,1-3H3. The highest BCUT2D eigenvalue weighted by Crippen LogP contribution is 2.27. The fraction of sp³-hybridized carbons (Fsp3) is 0.615. The molecule has 0 aliphatic heterocycles. The summed E-state index contributed by atoms with van der Waals surface area (Å²) >= 11 is 1.37. The van der Waals surface area contributed by atoms with Gasteiger partial charge < -0.3 is 5.73 Å². The zero-order valence-corrected chi connectivity index (χ0v) is 14.2. The van der Waals surface area contributed by atoms with Crippen molar-refractivity contribution in [3.8, 4) is 0 Å². The van der Waals surface area contributed by atoms with Gasteiger partial charge in [-0.1, -0.05) is 33.6 Å². The Bertz CT molecular complexity index is 701. The minimum atomic E-state index is -3.63. The fourth-order valence-corrected chi connectivity index (χ4v) is 4.87. The van der Waals surface area contributed by atoms with Gasteiger partial charge >= 0.3 is 0 Å². The average molecular weight is 330 g/mol. The van der Waals surface area contributed by atoms with Crippen LogP contribution in [0.25, 0.3) is 4.96 Å². The second kappa shape index (κ2) is 6.33. The highest BCUT2D eigenvalue weighted by Gasteiger charge is 2.31. The van der Waals surface area contributed by atoms with Crippen molar-refractivity contribution in [2.24, 2.45) is 5.92 Å². The maximum atomic E-state index is 12.9. The van der Waals surface area contributed by atoms with Gasteiger partial charge in [0.05, 0.1) is 0 Å². The van der Waals surface area contributed by atoms with E-state index >= 15 is 0 Å². The molecule has 21 heavy (non-hydrogen) atoms. The Hall–Kier alpha value is -1.12. The zero-order valence-electron chi connectivity index (χ0n) is 12.6. The van der Waals surface area contributed by atoms with E-state index < -0.39 is 10.0 Å². The van der Waals surface area contributed by atoms with E-state index in [4.69, 9.17) is 5.73 Å². The van der Waals surface area contributed by atoms with E-state index in [1.54, 1.807) is 16.0 Å². The molecule has 6 nitrogen and oxygen atoms in total. The van der Waals surface area contributed by atoms with Gasteiger partial charge in [-0.2, -0.15) is 4.31 Å². The first kappa shape index (κ1) is 16.3. The number of nitrogen functional groups attached to an aromatic ring is 1. The molecule has 0 aliphatic rings. The lowest BCUT2D eigenvalue weighted by atomic mass is 10.0. The van der Waals surface area contributed by atoms with Gasteiger partial charge in [0.15, 0.2) is 15.8 Å². The third kappa shape index (κ3) is 2.93. The van der Waals surface area contributed by atoms with Gasteiger partial charge in [-0.3, -0.25) is 4.40 Å². The number of fused-ring (bicyclic) bond motifs is 1. The van der Waals surface area contributed by atoms with Gasteiger partial charge in [0.1, 0.15) is 0 Å². The molecule has 0 radical (unpaired) electrons. The van der Waals surface area contributed by atoms with E-state index in [-0.39, 0.29) is 10.8 Å². The number of anilines is 1. The summed E-state index contributed by atoms with van der Waals surface area (Å²) < 4.78 is 28.9. The van der Waals surface area contributed by atoms with Gasteiger partial charge in [-0.25, -0.2) is 13.4 Å². The Morgan fingerprint density at radius 2 is 2.05 bits per heavy atom. The lowest BCUT2D eigenvalue weighted by molar-refractivity contribution is 0.338. The summed E-state index contributed by atoms with van der Waals surface area (Å²) in [7, 11) is -3.63. The molecule has 0 amide bonds. The quantitative estimate of drug-likeness (QED) is 0.845. The van der Waals surface area contributed by atoms with Crippen molar-refractivity contribution < 1.29 is 8.42 Å².